The minimum absolute atomic E-state index is 0. The number of nitrogens with zero attached hydrogens (tertiary/aromatic N) is 1. The number of nitrogens with one attached hydrogen (secondary N) is 2. The van der Waals surface area contributed by atoms with Gasteiger partial charge in [-0.3, -0.25) is 20.6 Å². The van der Waals surface area contributed by atoms with Gasteiger partial charge in [-0.2, -0.15) is 0 Å². The monoisotopic (exact) mass is 844 g/mol. The average molecular weight is 846 g/mol. The van der Waals surface area contributed by atoms with Crippen molar-refractivity contribution in [2.45, 2.75) is 225 Å². The Morgan fingerprint density at radius 3 is 1.29 bits per heavy atom. The third-order valence-electron chi connectivity index (χ3n) is 10.4. The molecule has 2 amide bonds. The van der Waals surface area contributed by atoms with Crippen molar-refractivity contribution in [2.75, 3.05) is 26.2 Å². The van der Waals surface area contributed by atoms with Gasteiger partial charge in [0.05, 0.1) is 6.54 Å². The van der Waals surface area contributed by atoms with E-state index < -0.39 is 6.04 Å². The first-order valence-corrected chi connectivity index (χ1v) is 22.5. The van der Waals surface area contributed by atoms with E-state index in [1.165, 1.54) is 161 Å². The molecule has 0 aliphatic heterocycles. The minimum atomic E-state index is -0.484. The molecule has 0 saturated carbocycles. The number of carbonyl (C=O) groups is 2. The maximum absolute atomic E-state index is 13.5. The molecule has 0 aromatic rings. The lowest BCUT2D eigenvalue weighted by molar-refractivity contribution is -0.427. The Morgan fingerprint density at radius 2 is 0.909 bits per heavy atom. The number of unbranched alkanes of at least 4 members (excludes halogenated alkanes) is 25. The number of halogens is 3. The van der Waals surface area contributed by atoms with Gasteiger partial charge < -0.3 is 64.6 Å². The summed E-state index contributed by atoms with van der Waals surface area (Å²) in [6, 6.07) is -0.847. The van der Waals surface area contributed by atoms with Gasteiger partial charge in [-0.15, -0.1) is 0 Å². The maximum Gasteiger partial charge on any atom is 0.282 e. The zero-order chi connectivity index (χ0) is 38.3. The Morgan fingerprint density at radius 1 is 0.545 bits per heavy atom. The zero-order valence-corrected chi connectivity index (χ0v) is 38.3. The second kappa shape index (κ2) is 47.7. The van der Waals surface area contributed by atoms with Gasteiger partial charge in [0.2, 0.25) is 0 Å². The molecule has 0 saturated heterocycles. The lowest BCUT2D eigenvalue weighted by Crippen LogP contribution is -3.00. The van der Waals surface area contributed by atoms with Crippen molar-refractivity contribution in [3.8, 4) is 0 Å². The Kier molecular flexibility index (Phi) is 52.9. The lowest BCUT2D eigenvalue weighted by atomic mass is 10.0. The molecule has 55 heavy (non-hydrogen) atoms. The normalized spacial score (nSPS) is 12.7. The summed E-state index contributed by atoms with van der Waals surface area (Å²) in [6.07, 6.45) is 42.4. The van der Waals surface area contributed by atoms with Gasteiger partial charge in [-0.1, -0.05) is 167 Å². The molecule has 332 valence electrons. The van der Waals surface area contributed by atoms with Crippen LogP contribution >= 0.6 is 0 Å². The van der Waals surface area contributed by atoms with Crippen molar-refractivity contribution in [3.05, 3.63) is 12.2 Å². The number of hydrogen-bond donors (Lipinski definition) is 6. The van der Waals surface area contributed by atoms with Crippen molar-refractivity contribution in [1.29, 1.82) is 0 Å². The second-order valence-corrected chi connectivity index (χ2v) is 15.7. The van der Waals surface area contributed by atoms with Crippen LogP contribution in [-0.4, -0.2) is 61.3 Å². The van der Waals surface area contributed by atoms with Crippen LogP contribution in [0.5, 0.6) is 0 Å². The molecule has 3 atom stereocenters. The Bertz CT molecular complexity index is 827. The molecule has 0 heterocycles. The van der Waals surface area contributed by atoms with Gasteiger partial charge in [0.25, 0.3) is 11.8 Å². The topological polar surface area (TPSA) is 170 Å². The molecule has 0 aliphatic carbocycles. The van der Waals surface area contributed by atoms with Crippen LogP contribution in [0.1, 0.15) is 206 Å². The summed E-state index contributed by atoms with van der Waals surface area (Å²) in [5.41, 5.74) is 17.5. The lowest BCUT2D eigenvalue weighted by Gasteiger charge is -2.25. The number of rotatable bonds is 40. The predicted molar refractivity (Wildman–Crippen MR) is 221 cm³/mol. The molecule has 12 heteroatoms. The average Bonchev–Trinajstić information content (AvgIpc) is 3.13. The second-order valence-electron chi connectivity index (χ2n) is 15.7. The molecule has 3 unspecified atom stereocenters. The molecular weight excluding hydrogens is 753 g/mol. The summed E-state index contributed by atoms with van der Waals surface area (Å²) in [5.74, 6) is -0.0517. The molecule has 0 rings (SSSR count). The highest BCUT2D eigenvalue weighted by Gasteiger charge is 2.26. The summed E-state index contributed by atoms with van der Waals surface area (Å²) in [4.78, 5) is 28.2. The largest absolute Gasteiger partial charge is 1.00 e. The van der Waals surface area contributed by atoms with E-state index in [0.717, 1.165) is 38.8 Å². The fourth-order valence-corrected chi connectivity index (χ4v) is 6.86. The van der Waals surface area contributed by atoms with Crippen LogP contribution in [0.15, 0.2) is 12.2 Å². The van der Waals surface area contributed by atoms with Gasteiger partial charge in [0, 0.05) is 26.1 Å². The van der Waals surface area contributed by atoms with Crippen LogP contribution in [0, 0.1) is 0 Å². The number of allylic oxidation sites excluding steroid dienone is 2. The molecule has 0 radical (unpaired) electrons. The van der Waals surface area contributed by atoms with E-state index in [4.69, 9.17) is 5.73 Å². The van der Waals surface area contributed by atoms with Crippen molar-refractivity contribution < 1.29 is 64.0 Å². The van der Waals surface area contributed by atoms with E-state index in [0.29, 0.717) is 13.0 Å². The highest BCUT2D eigenvalue weighted by Crippen LogP contribution is 2.14. The molecule has 9 nitrogen and oxygen atoms in total. The first-order valence-electron chi connectivity index (χ1n) is 22.5. The quantitative estimate of drug-likeness (QED) is 0.0229. The summed E-state index contributed by atoms with van der Waals surface area (Å²) in [7, 11) is 0. The molecule has 0 spiro atoms. The van der Waals surface area contributed by atoms with Crippen molar-refractivity contribution in [3.63, 3.8) is 0 Å². The fourth-order valence-electron chi connectivity index (χ4n) is 6.86. The standard InChI is InChI=1S/C43H89N7O2.3ClH/c1-3-5-7-9-11-13-15-17-19-20-22-24-26-28-30-32-37-50(36-31-29-27-25-23-21-18-16-14-12-10-8-6-4-2)42(52)40(45)38-49-41(51)39(44)34-33-35-48-43(46)47;;;/h17,19,39-40,43,48H,3-16,18,20-38,44-47H2,1-2H3,(H,49,51);3*1H/b19-17-;;;. The number of carbonyl (C=O) groups excluding carboxylic acids is 2. The molecule has 0 aromatic heterocycles. The first-order chi connectivity index (χ1) is 25.3. The van der Waals surface area contributed by atoms with E-state index in [1.54, 1.807) is 0 Å². The van der Waals surface area contributed by atoms with Gasteiger partial charge in [0.15, 0.2) is 18.4 Å². The molecule has 0 aliphatic rings. The van der Waals surface area contributed by atoms with Gasteiger partial charge in [0.1, 0.15) is 0 Å². The van der Waals surface area contributed by atoms with Crippen molar-refractivity contribution in [1.82, 2.24) is 15.5 Å². The van der Waals surface area contributed by atoms with Crippen LogP contribution in [-0.2, 0) is 9.59 Å². The highest BCUT2D eigenvalue weighted by atomic mass is 35.5. The van der Waals surface area contributed by atoms with E-state index in [2.05, 4.69) is 53.8 Å². The van der Waals surface area contributed by atoms with Crippen molar-refractivity contribution >= 4 is 11.8 Å². The van der Waals surface area contributed by atoms with Crippen LogP contribution in [0.4, 0.5) is 0 Å². The third-order valence-corrected chi connectivity index (χ3v) is 10.4. The zero-order valence-electron chi connectivity index (χ0n) is 36.0. The van der Waals surface area contributed by atoms with Gasteiger partial charge in [-0.25, -0.2) is 0 Å². The van der Waals surface area contributed by atoms with E-state index >= 15 is 0 Å². The van der Waals surface area contributed by atoms with Crippen LogP contribution < -0.4 is 70.8 Å². The Labute approximate surface area is 358 Å². The SMILES string of the molecule is CCCCCCCC/C=C\CCCCCCCCN(CCCCCCCCCCCCCCCC)C(=O)C([NH3+])CNC(=O)C([NH3+])CCCNC(N)[NH3+].[Cl-].[Cl-].[Cl-]. The molecule has 0 aromatic carbocycles. The van der Waals surface area contributed by atoms with Gasteiger partial charge in [-0.05, 0) is 44.9 Å². The summed E-state index contributed by atoms with van der Waals surface area (Å²) in [5, 5.41) is 6.00. The fraction of sp³-hybridized carbons (Fsp3) is 0.907. The van der Waals surface area contributed by atoms with Crippen LogP contribution in [0.25, 0.3) is 0 Å². The van der Waals surface area contributed by atoms with E-state index in [1.807, 2.05) is 4.90 Å². The first kappa shape index (κ1) is 61.0. The van der Waals surface area contributed by atoms with Crippen LogP contribution in [0.2, 0.25) is 0 Å². The van der Waals surface area contributed by atoms with E-state index in [9.17, 15) is 9.59 Å². The third kappa shape index (κ3) is 42.8. The molecule has 13 N–H and O–H groups in total. The van der Waals surface area contributed by atoms with Crippen LogP contribution in [0.3, 0.4) is 0 Å². The summed E-state index contributed by atoms with van der Waals surface area (Å²) < 4.78 is 0. The minimum Gasteiger partial charge on any atom is -1.00 e. The smallest absolute Gasteiger partial charge is 0.282 e. The summed E-state index contributed by atoms with van der Waals surface area (Å²) in [6.45, 7) is 7.10. The maximum atomic E-state index is 13.5. The van der Waals surface area contributed by atoms with Gasteiger partial charge >= 0.3 is 0 Å². The molecular formula is C43H92Cl3N7O2. The number of quaternary nitrogens is 3. The summed E-state index contributed by atoms with van der Waals surface area (Å²) >= 11 is 0. The Balaban J connectivity index is -0.00000433. The van der Waals surface area contributed by atoms with Crippen molar-refractivity contribution in [2.24, 2.45) is 5.73 Å². The molecule has 0 bridgehead atoms. The molecule has 0 fully saturated rings. The highest BCUT2D eigenvalue weighted by molar-refractivity contribution is 5.83. The Hall–Kier alpha value is -0.650. The number of hydrogen-bond acceptors (Lipinski definition) is 4. The number of amides is 2. The van der Waals surface area contributed by atoms with E-state index in [-0.39, 0.29) is 67.9 Å². The predicted octanol–water partition coefficient (Wildman–Crippen LogP) is -2.46. The number of nitrogens with two attached hydrogens (primary N) is 1.